The van der Waals surface area contributed by atoms with E-state index in [1.807, 2.05) is 14.1 Å². The lowest BCUT2D eigenvalue weighted by atomic mass is 10.1. The molecule has 0 fully saturated rings. The highest BCUT2D eigenvalue weighted by Gasteiger charge is 2.02. The molecule has 0 atom stereocenters. The largest absolute Gasteiger partial charge is 0.466 e. The van der Waals surface area contributed by atoms with Gasteiger partial charge in [0.25, 0.3) is 0 Å². The first-order valence-corrected chi connectivity index (χ1v) is 9.47. The summed E-state index contributed by atoms with van der Waals surface area (Å²) in [4.78, 5) is 13.6. The molecular formula is C19H39NO2. The van der Waals surface area contributed by atoms with Gasteiger partial charge in [-0.15, -0.1) is 0 Å². The third kappa shape index (κ3) is 17.5. The van der Waals surface area contributed by atoms with Crippen LogP contribution in [0.15, 0.2) is 0 Å². The minimum absolute atomic E-state index is 0.0334. The van der Waals surface area contributed by atoms with Crippen molar-refractivity contribution >= 4 is 5.97 Å². The Hall–Kier alpha value is -0.570. The van der Waals surface area contributed by atoms with Crippen molar-refractivity contribution in [1.82, 2.24) is 4.90 Å². The Balaban J connectivity index is 3.12. The third-order valence-corrected chi connectivity index (χ3v) is 4.00. The molecule has 3 nitrogen and oxygen atoms in total. The second-order valence-corrected chi connectivity index (χ2v) is 6.66. The van der Waals surface area contributed by atoms with Crippen LogP contribution in [-0.2, 0) is 9.53 Å². The van der Waals surface area contributed by atoms with Gasteiger partial charge in [-0.25, -0.2) is 0 Å². The van der Waals surface area contributed by atoms with Gasteiger partial charge < -0.3 is 9.64 Å². The number of carbonyl (C=O) groups excluding carboxylic acids is 1. The molecule has 0 aliphatic rings. The van der Waals surface area contributed by atoms with Crippen LogP contribution in [0.2, 0.25) is 0 Å². The third-order valence-electron chi connectivity index (χ3n) is 4.00. The summed E-state index contributed by atoms with van der Waals surface area (Å²) >= 11 is 0. The maximum atomic E-state index is 11.5. The van der Waals surface area contributed by atoms with Gasteiger partial charge >= 0.3 is 5.97 Å². The van der Waals surface area contributed by atoms with Crippen LogP contribution < -0.4 is 0 Å². The molecule has 0 unspecified atom stereocenters. The lowest BCUT2D eigenvalue weighted by molar-refractivity contribution is -0.143. The summed E-state index contributed by atoms with van der Waals surface area (Å²) in [6.07, 6.45) is 16.0. The number of hydrogen-bond donors (Lipinski definition) is 0. The summed E-state index contributed by atoms with van der Waals surface area (Å²) in [6, 6.07) is 0. The standard InChI is InChI=1S/C19H39NO2/c1-4-5-6-7-8-9-10-11-12-13-14-18-22-19(21)16-15-17-20(2)3/h4-18H2,1-3H3. The average molecular weight is 314 g/mol. The van der Waals surface area contributed by atoms with Crippen LogP contribution >= 0.6 is 0 Å². The van der Waals surface area contributed by atoms with Gasteiger partial charge in [0.15, 0.2) is 0 Å². The molecule has 0 radical (unpaired) electrons. The van der Waals surface area contributed by atoms with Crippen LogP contribution in [0.5, 0.6) is 0 Å². The van der Waals surface area contributed by atoms with Crippen molar-refractivity contribution < 1.29 is 9.53 Å². The Morgan fingerprint density at radius 3 is 1.77 bits per heavy atom. The number of carbonyl (C=O) groups is 1. The normalized spacial score (nSPS) is 11.1. The quantitative estimate of drug-likeness (QED) is 0.290. The molecule has 0 saturated heterocycles. The van der Waals surface area contributed by atoms with Crippen molar-refractivity contribution in [3.05, 3.63) is 0 Å². The molecule has 0 amide bonds. The van der Waals surface area contributed by atoms with Crippen molar-refractivity contribution in [2.75, 3.05) is 27.2 Å². The van der Waals surface area contributed by atoms with E-state index in [-0.39, 0.29) is 5.97 Å². The highest BCUT2D eigenvalue weighted by Crippen LogP contribution is 2.11. The number of unbranched alkanes of at least 4 members (excludes halogenated alkanes) is 10. The highest BCUT2D eigenvalue weighted by atomic mass is 16.5. The van der Waals surface area contributed by atoms with Crippen LogP contribution in [0.4, 0.5) is 0 Å². The molecule has 0 bridgehead atoms. The van der Waals surface area contributed by atoms with Gasteiger partial charge in [-0.2, -0.15) is 0 Å². The topological polar surface area (TPSA) is 29.5 Å². The van der Waals surface area contributed by atoms with Crippen molar-refractivity contribution in [3.63, 3.8) is 0 Å². The van der Waals surface area contributed by atoms with E-state index in [1.165, 1.54) is 64.2 Å². The Bertz CT molecular complexity index is 242. The molecule has 22 heavy (non-hydrogen) atoms. The summed E-state index contributed by atoms with van der Waals surface area (Å²) in [5, 5.41) is 0. The second kappa shape index (κ2) is 16.8. The first-order chi connectivity index (χ1) is 10.7. The van der Waals surface area contributed by atoms with Gasteiger partial charge in [0, 0.05) is 6.42 Å². The Kier molecular flexibility index (Phi) is 16.4. The Labute approximate surface area is 138 Å². The van der Waals surface area contributed by atoms with Crippen LogP contribution in [-0.4, -0.2) is 38.1 Å². The number of esters is 1. The summed E-state index contributed by atoms with van der Waals surface area (Å²) in [6.45, 7) is 3.83. The molecule has 0 saturated carbocycles. The second-order valence-electron chi connectivity index (χ2n) is 6.66. The molecule has 0 heterocycles. The number of hydrogen-bond acceptors (Lipinski definition) is 3. The summed E-state index contributed by atoms with van der Waals surface area (Å²) in [5.74, 6) is -0.0334. The van der Waals surface area contributed by atoms with E-state index in [2.05, 4.69) is 11.8 Å². The molecule has 0 rings (SSSR count). The zero-order valence-electron chi connectivity index (χ0n) is 15.4. The lowest BCUT2D eigenvalue weighted by Gasteiger charge is -2.09. The Morgan fingerprint density at radius 2 is 1.27 bits per heavy atom. The zero-order chi connectivity index (χ0) is 16.5. The summed E-state index contributed by atoms with van der Waals surface area (Å²) in [5.41, 5.74) is 0. The molecule has 0 spiro atoms. The van der Waals surface area contributed by atoms with Crippen LogP contribution in [0, 0.1) is 0 Å². The predicted octanol–water partition coefficient (Wildman–Crippen LogP) is 5.18. The smallest absolute Gasteiger partial charge is 0.305 e. The maximum absolute atomic E-state index is 11.5. The maximum Gasteiger partial charge on any atom is 0.305 e. The summed E-state index contributed by atoms with van der Waals surface area (Å²) in [7, 11) is 4.05. The van der Waals surface area contributed by atoms with Crippen LogP contribution in [0.25, 0.3) is 0 Å². The van der Waals surface area contributed by atoms with E-state index < -0.39 is 0 Å². The van der Waals surface area contributed by atoms with Crippen LogP contribution in [0.3, 0.4) is 0 Å². The van der Waals surface area contributed by atoms with Gasteiger partial charge in [-0.3, -0.25) is 4.79 Å². The van der Waals surface area contributed by atoms with E-state index in [1.54, 1.807) is 0 Å². The van der Waals surface area contributed by atoms with E-state index in [9.17, 15) is 4.79 Å². The molecule has 0 aliphatic heterocycles. The van der Waals surface area contributed by atoms with Crippen molar-refractivity contribution in [2.45, 2.75) is 90.4 Å². The molecule has 3 heteroatoms. The van der Waals surface area contributed by atoms with E-state index in [0.717, 1.165) is 19.4 Å². The van der Waals surface area contributed by atoms with Gasteiger partial charge in [0.2, 0.25) is 0 Å². The fraction of sp³-hybridized carbons (Fsp3) is 0.947. The van der Waals surface area contributed by atoms with E-state index in [4.69, 9.17) is 4.74 Å². The fourth-order valence-corrected chi connectivity index (χ4v) is 2.56. The summed E-state index contributed by atoms with van der Waals surface area (Å²) < 4.78 is 5.25. The molecule has 132 valence electrons. The molecular weight excluding hydrogens is 274 g/mol. The van der Waals surface area contributed by atoms with Crippen molar-refractivity contribution in [2.24, 2.45) is 0 Å². The fourth-order valence-electron chi connectivity index (χ4n) is 2.56. The van der Waals surface area contributed by atoms with Crippen LogP contribution in [0.1, 0.15) is 90.4 Å². The number of ether oxygens (including phenoxy) is 1. The van der Waals surface area contributed by atoms with Crippen molar-refractivity contribution in [1.29, 1.82) is 0 Å². The molecule has 0 aromatic heterocycles. The van der Waals surface area contributed by atoms with Crippen molar-refractivity contribution in [3.8, 4) is 0 Å². The predicted molar refractivity (Wildman–Crippen MR) is 95.2 cm³/mol. The first-order valence-electron chi connectivity index (χ1n) is 9.47. The van der Waals surface area contributed by atoms with Gasteiger partial charge in [0.05, 0.1) is 6.61 Å². The SMILES string of the molecule is CCCCCCCCCCCCCOC(=O)CCCN(C)C. The zero-order valence-corrected chi connectivity index (χ0v) is 15.4. The molecule has 0 N–H and O–H groups in total. The average Bonchev–Trinajstić information content (AvgIpc) is 2.48. The lowest BCUT2D eigenvalue weighted by Crippen LogP contribution is -2.15. The number of nitrogens with zero attached hydrogens (tertiary/aromatic N) is 1. The molecule has 0 aliphatic carbocycles. The first kappa shape index (κ1) is 21.4. The van der Waals surface area contributed by atoms with E-state index in [0.29, 0.717) is 13.0 Å². The highest BCUT2D eigenvalue weighted by molar-refractivity contribution is 5.69. The molecule has 0 aromatic carbocycles. The van der Waals surface area contributed by atoms with Gasteiger partial charge in [0.1, 0.15) is 0 Å². The monoisotopic (exact) mass is 313 g/mol. The molecule has 0 aromatic rings. The minimum Gasteiger partial charge on any atom is -0.466 e. The number of rotatable bonds is 16. The Morgan fingerprint density at radius 1 is 0.773 bits per heavy atom. The van der Waals surface area contributed by atoms with Gasteiger partial charge in [-0.1, -0.05) is 71.1 Å². The van der Waals surface area contributed by atoms with E-state index >= 15 is 0 Å². The van der Waals surface area contributed by atoms with Gasteiger partial charge in [-0.05, 0) is 33.5 Å². The minimum atomic E-state index is -0.0334.